The van der Waals surface area contributed by atoms with E-state index in [1.165, 1.54) is 6.20 Å². The molecule has 0 unspecified atom stereocenters. The molecule has 1 heterocycles. The fraction of sp³-hybridized carbons (Fsp3) is 0.190. The van der Waals surface area contributed by atoms with Crippen LogP contribution in [0.4, 0.5) is 17.2 Å². The van der Waals surface area contributed by atoms with Crippen LogP contribution in [0.3, 0.4) is 0 Å². The smallest absolute Gasteiger partial charge is 0.275 e. The second kappa shape index (κ2) is 8.80. The van der Waals surface area contributed by atoms with Gasteiger partial charge >= 0.3 is 0 Å². The van der Waals surface area contributed by atoms with E-state index in [4.69, 9.17) is 4.74 Å². The Kier molecular flexibility index (Phi) is 5.99. The van der Waals surface area contributed by atoms with Gasteiger partial charge < -0.3 is 15.0 Å². The van der Waals surface area contributed by atoms with Gasteiger partial charge in [0.05, 0.1) is 24.7 Å². The molecule has 27 heavy (non-hydrogen) atoms. The van der Waals surface area contributed by atoms with E-state index in [-0.39, 0.29) is 11.6 Å². The number of anilines is 3. The van der Waals surface area contributed by atoms with Gasteiger partial charge in [-0.1, -0.05) is 30.3 Å². The molecule has 0 saturated heterocycles. The third-order valence-electron chi connectivity index (χ3n) is 3.97. The average Bonchev–Trinajstić information content (AvgIpc) is 2.71. The Bertz CT molecular complexity index is 882. The Morgan fingerprint density at radius 2 is 1.74 bits per heavy atom. The van der Waals surface area contributed by atoms with Crippen molar-refractivity contribution < 1.29 is 9.53 Å². The first-order valence-electron chi connectivity index (χ1n) is 8.90. The summed E-state index contributed by atoms with van der Waals surface area (Å²) >= 11 is 0. The number of nitrogens with zero attached hydrogens (tertiary/aromatic N) is 3. The lowest BCUT2D eigenvalue weighted by Crippen LogP contribution is -2.19. The molecule has 0 atom stereocenters. The minimum absolute atomic E-state index is 0.245. The number of nitrogens with one attached hydrogen (secondary N) is 1. The summed E-state index contributed by atoms with van der Waals surface area (Å²) in [5, 5.41) is 2.83. The van der Waals surface area contributed by atoms with E-state index in [0.717, 1.165) is 12.2 Å². The molecule has 3 aromatic rings. The highest BCUT2D eigenvalue weighted by atomic mass is 16.5. The van der Waals surface area contributed by atoms with Crippen LogP contribution in [0.2, 0.25) is 0 Å². The molecule has 0 aliphatic rings. The zero-order valence-electron chi connectivity index (χ0n) is 15.4. The Hall–Kier alpha value is -3.41. The van der Waals surface area contributed by atoms with Crippen LogP contribution >= 0.6 is 0 Å². The number of aromatic nitrogens is 2. The van der Waals surface area contributed by atoms with E-state index in [9.17, 15) is 4.79 Å². The molecule has 6 heteroatoms. The Labute approximate surface area is 158 Å². The molecule has 0 radical (unpaired) electrons. The highest BCUT2D eigenvalue weighted by Crippen LogP contribution is 2.25. The number of amides is 1. The van der Waals surface area contributed by atoms with Gasteiger partial charge in [0, 0.05) is 12.2 Å². The monoisotopic (exact) mass is 362 g/mol. The van der Waals surface area contributed by atoms with Crippen molar-refractivity contribution >= 4 is 23.1 Å². The summed E-state index contributed by atoms with van der Waals surface area (Å²) in [6.07, 6.45) is 3.10. The van der Waals surface area contributed by atoms with E-state index in [1.54, 1.807) is 12.3 Å². The maximum absolute atomic E-state index is 12.5. The molecule has 138 valence electrons. The van der Waals surface area contributed by atoms with Crippen LogP contribution < -0.4 is 15.0 Å². The van der Waals surface area contributed by atoms with Gasteiger partial charge in [-0.25, -0.2) is 9.97 Å². The number of rotatable bonds is 7. The maximum atomic E-state index is 12.5. The van der Waals surface area contributed by atoms with Gasteiger partial charge in [0.2, 0.25) is 0 Å². The first-order chi connectivity index (χ1) is 13.2. The number of hydrogen-bond acceptors (Lipinski definition) is 5. The van der Waals surface area contributed by atoms with Gasteiger partial charge in [0.15, 0.2) is 5.82 Å². The predicted molar refractivity (Wildman–Crippen MR) is 107 cm³/mol. The minimum Gasteiger partial charge on any atom is -0.492 e. The molecule has 0 aliphatic heterocycles. The van der Waals surface area contributed by atoms with Crippen molar-refractivity contribution in [3.63, 3.8) is 0 Å². The Morgan fingerprint density at radius 3 is 2.41 bits per heavy atom. The molecule has 1 aromatic heterocycles. The molecular weight excluding hydrogens is 340 g/mol. The van der Waals surface area contributed by atoms with Crippen LogP contribution in [-0.4, -0.2) is 29.0 Å². The molecule has 0 saturated carbocycles. The second-order valence-corrected chi connectivity index (χ2v) is 5.72. The lowest BCUT2D eigenvalue weighted by atomic mass is 10.2. The standard InChI is InChI=1S/C21H22N4O2/c1-3-25(16-10-6-5-7-11-16)20-15-22-18(14-23-20)21(26)24-17-12-8-9-13-19(17)27-4-2/h5-15H,3-4H2,1-2H3,(H,24,26). The van der Waals surface area contributed by atoms with E-state index in [2.05, 4.69) is 15.3 Å². The van der Waals surface area contributed by atoms with Crippen molar-refractivity contribution in [3.8, 4) is 5.75 Å². The summed E-state index contributed by atoms with van der Waals surface area (Å²) in [5.41, 5.74) is 1.88. The van der Waals surface area contributed by atoms with Crippen molar-refractivity contribution in [1.82, 2.24) is 9.97 Å². The van der Waals surface area contributed by atoms with Gasteiger partial charge in [0.25, 0.3) is 5.91 Å². The first kappa shape index (κ1) is 18.4. The van der Waals surface area contributed by atoms with Crippen LogP contribution in [-0.2, 0) is 0 Å². The molecule has 3 rings (SSSR count). The molecular formula is C21H22N4O2. The third-order valence-corrected chi connectivity index (χ3v) is 3.97. The van der Waals surface area contributed by atoms with E-state index < -0.39 is 0 Å². The SMILES string of the molecule is CCOc1ccccc1NC(=O)c1cnc(N(CC)c2ccccc2)cn1. The summed E-state index contributed by atoms with van der Waals surface area (Å²) in [4.78, 5) is 23.2. The van der Waals surface area contributed by atoms with Crippen LogP contribution in [0.1, 0.15) is 24.3 Å². The summed E-state index contributed by atoms with van der Waals surface area (Å²) in [7, 11) is 0. The Balaban J connectivity index is 1.76. The van der Waals surface area contributed by atoms with Gasteiger partial charge in [-0.05, 0) is 38.1 Å². The molecule has 0 fully saturated rings. The van der Waals surface area contributed by atoms with Gasteiger partial charge in [0.1, 0.15) is 11.4 Å². The largest absolute Gasteiger partial charge is 0.492 e. The lowest BCUT2D eigenvalue weighted by Gasteiger charge is -2.21. The summed E-state index contributed by atoms with van der Waals surface area (Å²) in [6.45, 7) is 5.20. The number of carbonyl (C=O) groups is 1. The van der Waals surface area contributed by atoms with Crippen LogP contribution in [0.25, 0.3) is 0 Å². The number of benzene rings is 2. The molecule has 6 nitrogen and oxygen atoms in total. The summed E-state index contributed by atoms with van der Waals surface area (Å²) in [6, 6.07) is 17.2. The molecule has 2 aromatic carbocycles. The molecule has 0 bridgehead atoms. The predicted octanol–water partition coefficient (Wildman–Crippen LogP) is 4.29. The van der Waals surface area contributed by atoms with Crippen LogP contribution in [0.15, 0.2) is 67.0 Å². The zero-order chi connectivity index (χ0) is 19.1. The highest BCUT2D eigenvalue weighted by molar-refractivity contribution is 6.03. The second-order valence-electron chi connectivity index (χ2n) is 5.72. The third kappa shape index (κ3) is 4.41. The minimum atomic E-state index is -0.330. The fourth-order valence-corrected chi connectivity index (χ4v) is 2.70. The van der Waals surface area contributed by atoms with Crippen LogP contribution in [0, 0.1) is 0 Å². The average molecular weight is 362 g/mol. The number of hydrogen-bond donors (Lipinski definition) is 1. The molecule has 0 spiro atoms. The van der Waals surface area contributed by atoms with Gasteiger partial charge in [-0.3, -0.25) is 4.79 Å². The van der Waals surface area contributed by atoms with E-state index >= 15 is 0 Å². The van der Waals surface area contributed by atoms with Crippen molar-refractivity contribution in [2.75, 3.05) is 23.4 Å². The first-order valence-corrected chi connectivity index (χ1v) is 8.90. The van der Waals surface area contributed by atoms with Crippen molar-refractivity contribution in [2.24, 2.45) is 0 Å². The maximum Gasteiger partial charge on any atom is 0.275 e. The topological polar surface area (TPSA) is 67.3 Å². The van der Waals surface area contributed by atoms with Crippen molar-refractivity contribution in [1.29, 1.82) is 0 Å². The highest BCUT2D eigenvalue weighted by Gasteiger charge is 2.14. The van der Waals surface area contributed by atoms with Crippen molar-refractivity contribution in [2.45, 2.75) is 13.8 Å². The summed E-state index contributed by atoms with van der Waals surface area (Å²) in [5.74, 6) is 0.984. The lowest BCUT2D eigenvalue weighted by molar-refractivity contribution is 0.102. The molecule has 1 N–H and O–H groups in total. The quantitative estimate of drug-likeness (QED) is 0.679. The van der Waals surface area contributed by atoms with E-state index in [0.29, 0.717) is 23.9 Å². The Morgan fingerprint density at radius 1 is 1.00 bits per heavy atom. The number of para-hydroxylation sites is 3. The van der Waals surface area contributed by atoms with Crippen molar-refractivity contribution in [3.05, 3.63) is 72.7 Å². The van der Waals surface area contributed by atoms with Crippen LogP contribution in [0.5, 0.6) is 5.75 Å². The van der Waals surface area contributed by atoms with Gasteiger partial charge in [-0.2, -0.15) is 0 Å². The normalized spacial score (nSPS) is 10.3. The molecule has 0 aliphatic carbocycles. The fourth-order valence-electron chi connectivity index (χ4n) is 2.70. The number of ether oxygens (including phenoxy) is 1. The van der Waals surface area contributed by atoms with Gasteiger partial charge in [-0.15, -0.1) is 0 Å². The summed E-state index contributed by atoms with van der Waals surface area (Å²) < 4.78 is 5.53. The molecule has 1 amide bonds. The number of carbonyl (C=O) groups excluding carboxylic acids is 1. The van der Waals surface area contributed by atoms with E-state index in [1.807, 2.05) is 67.3 Å². The zero-order valence-corrected chi connectivity index (χ0v) is 15.4.